The molecule has 26 heavy (non-hydrogen) atoms. The number of nitrogens with one attached hydrogen (secondary N) is 1. The summed E-state index contributed by atoms with van der Waals surface area (Å²) in [5.41, 5.74) is 2.32. The number of imidazole rings is 1. The minimum absolute atomic E-state index is 0.170. The molecular weight excluding hydrogens is 393 g/mol. The number of nitrogens with zero attached hydrogens (tertiary/aromatic N) is 2. The van der Waals surface area contributed by atoms with Crippen LogP contribution in [0.2, 0.25) is 10.0 Å². The predicted octanol–water partition coefficient (Wildman–Crippen LogP) is 4.11. The molecule has 0 saturated heterocycles. The first kappa shape index (κ1) is 18.9. The number of aryl methyl sites for hydroxylation is 1. The molecule has 0 spiro atoms. The molecule has 136 valence electrons. The number of rotatable bonds is 6. The second kappa shape index (κ2) is 7.80. The third kappa shape index (κ3) is 4.45. The van der Waals surface area contributed by atoms with Gasteiger partial charge >= 0.3 is 0 Å². The smallest absolute Gasteiger partial charge is 0.216 e. The summed E-state index contributed by atoms with van der Waals surface area (Å²) in [5, 5.41) is 0.727. The van der Waals surface area contributed by atoms with Gasteiger partial charge in [-0.3, -0.25) is 0 Å². The van der Waals surface area contributed by atoms with E-state index in [1.54, 1.807) is 24.4 Å². The van der Waals surface area contributed by atoms with Crippen LogP contribution in [0, 0.1) is 6.92 Å². The highest BCUT2D eigenvalue weighted by Gasteiger charge is 2.14. The van der Waals surface area contributed by atoms with Gasteiger partial charge in [0.05, 0.1) is 21.5 Å². The zero-order valence-corrected chi connectivity index (χ0v) is 16.3. The molecule has 3 aromatic rings. The number of halogens is 2. The summed E-state index contributed by atoms with van der Waals surface area (Å²) < 4.78 is 29.4. The van der Waals surface area contributed by atoms with Crippen molar-refractivity contribution in [3.05, 3.63) is 81.9 Å². The lowest BCUT2D eigenvalue weighted by atomic mass is 10.2. The second-order valence-corrected chi connectivity index (χ2v) is 8.42. The maximum atomic E-state index is 12.4. The summed E-state index contributed by atoms with van der Waals surface area (Å²) >= 11 is 11.8. The molecule has 1 N–H and O–H groups in total. The fourth-order valence-corrected chi connectivity index (χ4v) is 4.03. The monoisotopic (exact) mass is 409 g/mol. The summed E-state index contributed by atoms with van der Waals surface area (Å²) in [7, 11) is -3.53. The molecule has 0 aliphatic rings. The molecule has 2 aromatic carbocycles. The van der Waals surface area contributed by atoms with Gasteiger partial charge in [0.2, 0.25) is 10.0 Å². The Bertz CT molecular complexity index is 1030. The summed E-state index contributed by atoms with van der Waals surface area (Å²) in [5.74, 6) is 0.659. The molecule has 0 aliphatic carbocycles. The fourth-order valence-electron chi connectivity index (χ4n) is 2.62. The Labute approximate surface area is 162 Å². The van der Waals surface area contributed by atoms with E-state index in [4.69, 9.17) is 23.2 Å². The number of para-hydroxylation sites is 1. The molecule has 1 aromatic heterocycles. The maximum absolute atomic E-state index is 12.4. The number of benzene rings is 2. The zero-order chi connectivity index (χ0) is 18.7. The number of hydrogen-bond acceptors (Lipinski definition) is 3. The Morgan fingerprint density at radius 2 is 1.88 bits per heavy atom. The Morgan fingerprint density at radius 1 is 1.12 bits per heavy atom. The van der Waals surface area contributed by atoms with Crippen LogP contribution in [-0.4, -0.2) is 18.0 Å². The van der Waals surface area contributed by atoms with Gasteiger partial charge in [0.15, 0.2) is 0 Å². The van der Waals surface area contributed by atoms with Crippen molar-refractivity contribution in [1.82, 2.24) is 14.3 Å². The van der Waals surface area contributed by atoms with E-state index in [-0.39, 0.29) is 12.3 Å². The minimum Gasteiger partial charge on any atom is -0.304 e. The van der Waals surface area contributed by atoms with Crippen molar-refractivity contribution in [1.29, 1.82) is 0 Å². The largest absolute Gasteiger partial charge is 0.304 e. The first-order chi connectivity index (χ1) is 12.4. The Balaban J connectivity index is 1.76. The molecule has 0 aliphatic heterocycles. The van der Waals surface area contributed by atoms with Gasteiger partial charge in [-0.25, -0.2) is 18.1 Å². The van der Waals surface area contributed by atoms with Gasteiger partial charge in [-0.1, -0.05) is 47.5 Å². The predicted molar refractivity (Wildman–Crippen MR) is 104 cm³/mol. The van der Waals surface area contributed by atoms with Crippen molar-refractivity contribution in [2.45, 2.75) is 19.2 Å². The van der Waals surface area contributed by atoms with Crippen molar-refractivity contribution in [3.63, 3.8) is 0 Å². The van der Waals surface area contributed by atoms with Crippen LogP contribution in [-0.2, 0) is 22.3 Å². The van der Waals surface area contributed by atoms with E-state index in [0.29, 0.717) is 15.6 Å². The lowest BCUT2D eigenvalue weighted by Crippen LogP contribution is -2.25. The molecule has 1 heterocycles. The molecule has 0 radical (unpaired) electrons. The van der Waals surface area contributed by atoms with Crippen LogP contribution in [0.1, 0.15) is 17.0 Å². The highest BCUT2D eigenvalue weighted by Crippen LogP contribution is 2.23. The molecule has 5 nitrogen and oxygen atoms in total. The van der Waals surface area contributed by atoms with Crippen molar-refractivity contribution >= 4 is 33.2 Å². The normalized spacial score (nSPS) is 11.7. The quantitative estimate of drug-likeness (QED) is 0.665. The van der Waals surface area contributed by atoms with Crippen molar-refractivity contribution in [2.24, 2.45) is 0 Å². The summed E-state index contributed by atoms with van der Waals surface area (Å²) in [6.45, 7) is 2.07. The van der Waals surface area contributed by atoms with Crippen LogP contribution in [0.25, 0.3) is 5.69 Å². The maximum Gasteiger partial charge on any atom is 0.216 e. The SMILES string of the molecule is Cc1nccn1-c1ccccc1CNS(=O)(=O)Cc1ccc(Cl)c(Cl)c1. The van der Waals surface area contributed by atoms with Crippen LogP contribution in [0.15, 0.2) is 54.9 Å². The lowest BCUT2D eigenvalue weighted by Gasteiger charge is -2.13. The molecule has 0 atom stereocenters. The fraction of sp³-hybridized carbons (Fsp3) is 0.167. The molecular formula is C18H17Cl2N3O2S. The van der Waals surface area contributed by atoms with Crippen molar-refractivity contribution < 1.29 is 8.42 Å². The van der Waals surface area contributed by atoms with E-state index in [1.807, 2.05) is 42.0 Å². The lowest BCUT2D eigenvalue weighted by molar-refractivity contribution is 0.580. The van der Waals surface area contributed by atoms with Gasteiger partial charge in [0.1, 0.15) is 5.82 Å². The second-order valence-electron chi connectivity index (χ2n) is 5.80. The Hall–Kier alpha value is -1.86. The van der Waals surface area contributed by atoms with E-state index in [1.165, 1.54) is 0 Å². The highest BCUT2D eigenvalue weighted by molar-refractivity contribution is 7.88. The van der Waals surface area contributed by atoms with Crippen molar-refractivity contribution in [2.75, 3.05) is 0 Å². The third-order valence-electron chi connectivity index (χ3n) is 3.90. The minimum atomic E-state index is -3.53. The van der Waals surface area contributed by atoms with Crippen LogP contribution in [0.5, 0.6) is 0 Å². The zero-order valence-electron chi connectivity index (χ0n) is 14.0. The molecule has 0 bridgehead atoms. The number of hydrogen-bond donors (Lipinski definition) is 1. The first-order valence-corrected chi connectivity index (χ1v) is 10.3. The average molecular weight is 410 g/mol. The third-order valence-corrected chi connectivity index (χ3v) is 5.94. The number of sulfonamides is 1. The Morgan fingerprint density at radius 3 is 2.58 bits per heavy atom. The van der Waals surface area contributed by atoms with E-state index in [9.17, 15) is 8.42 Å². The van der Waals surface area contributed by atoms with E-state index in [0.717, 1.165) is 17.1 Å². The van der Waals surface area contributed by atoms with Crippen LogP contribution < -0.4 is 4.72 Å². The summed E-state index contributed by atoms with van der Waals surface area (Å²) in [6, 6.07) is 12.4. The van der Waals surface area contributed by atoms with Gasteiger partial charge < -0.3 is 4.57 Å². The van der Waals surface area contributed by atoms with E-state index < -0.39 is 10.0 Å². The van der Waals surface area contributed by atoms with Crippen molar-refractivity contribution in [3.8, 4) is 5.69 Å². The van der Waals surface area contributed by atoms with Crippen LogP contribution in [0.3, 0.4) is 0 Å². The van der Waals surface area contributed by atoms with Gasteiger partial charge in [-0.2, -0.15) is 0 Å². The summed E-state index contributed by atoms with van der Waals surface area (Å²) in [4.78, 5) is 4.22. The van der Waals surface area contributed by atoms with Gasteiger partial charge in [-0.15, -0.1) is 0 Å². The first-order valence-electron chi connectivity index (χ1n) is 7.85. The highest BCUT2D eigenvalue weighted by atomic mass is 35.5. The van der Waals surface area contributed by atoms with Crippen LogP contribution >= 0.6 is 23.2 Å². The molecule has 0 unspecified atom stereocenters. The molecule has 0 saturated carbocycles. The average Bonchev–Trinajstić information content (AvgIpc) is 3.02. The standard InChI is InChI=1S/C18H17Cl2N3O2S/c1-13-21-8-9-23(13)18-5-3-2-4-15(18)11-22-26(24,25)12-14-6-7-16(19)17(20)10-14/h2-10,22H,11-12H2,1H3. The van der Waals surface area contributed by atoms with Crippen LogP contribution in [0.4, 0.5) is 0 Å². The summed E-state index contributed by atoms with van der Waals surface area (Å²) in [6.07, 6.45) is 3.55. The van der Waals surface area contributed by atoms with Gasteiger partial charge in [-0.05, 0) is 36.2 Å². The number of aromatic nitrogens is 2. The molecule has 0 amide bonds. The molecule has 3 rings (SSSR count). The Kier molecular flexibility index (Phi) is 5.67. The van der Waals surface area contributed by atoms with Gasteiger partial charge in [0.25, 0.3) is 0 Å². The van der Waals surface area contributed by atoms with Gasteiger partial charge in [0, 0.05) is 18.9 Å². The van der Waals surface area contributed by atoms with E-state index >= 15 is 0 Å². The topological polar surface area (TPSA) is 64.0 Å². The van der Waals surface area contributed by atoms with E-state index in [2.05, 4.69) is 9.71 Å². The molecule has 8 heteroatoms. The molecule has 0 fully saturated rings.